The van der Waals surface area contributed by atoms with Gasteiger partial charge in [0.15, 0.2) is 0 Å². The van der Waals surface area contributed by atoms with Crippen molar-refractivity contribution in [1.82, 2.24) is 10.2 Å². The molecule has 0 fully saturated rings. The molecule has 2 aromatic rings. The molecule has 162 valence electrons. The Morgan fingerprint density at radius 3 is 2.43 bits per heavy atom. The van der Waals surface area contributed by atoms with Crippen molar-refractivity contribution in [2.75, 3.05) is 5.75 Å². The molecule has 0 radical (unpaired) electrons. The summed E-state index contributed by atoms with van der Waals surface area (Å²) >= 11 is 7.57. The van der Waals surface area contributed by atoms with Crippen molar-refractivity contribution in [3.63, 3.8) is 0 Å². The molecule has 0 aliphatic rings. The number of nitrogens with zero attached hydrogens (tertiary/aromatic N) is 1. The third-order valence-corrected chi connectivity index (χ3v) is 6.25. The van der Waals surface area contributed by atoms with Crippen LogP contribution in [0, 0.1) is 6.92 Å². The molecule has 6 heteroatoms. The molecule has 2 amide bonds. The number of aryl methyl sites for hydroxylation is 1. The van der Waals surface area contributed by atoms with Gasteiger partial charge >= 0.3 is 0 Å². The summed E-state index contributed by atoms with van der Waals surface area (Å²) in [6.45, 7) is 8.23. The molecule has 0 aliphatic carbocycles. The van der Waals surface area contributed by atoms with Crippen molar-refractivity contribution in [1.29, 1.82) is 0 Å². The minimum atomic E-state index is -0.542. The number of carbonyl (C=O) groups is 2. The van der Waals surface area contributed by atoms with E-state index in [0.29, 0.717) is 23.1 Å². The molecule has 30 heavy (non-hydrogen) atoms. The highest BCUT2D eigenvalue weighted by atomic mass is 35.5. The quantitative estimate of drug-likeness (QED) is 0.544. The minimum absolute atomic E-state index is 0.0468. The molecule has 2 rings (SSSR count). The first-order chi connectivity index (χ1) is 14.3. The van der Waals surface area contributed by atoms with E-state index in [1.165, 1.54) is 11.8 Å². The van der Waals surface area contributed by atoms with Gasteiger partial charge in [-0.25, -0.2) is 0 Å². The highest BCUT2D eigenvalue weighted by Gasteiger charge is 2.26. The van der Waals surface area contributed by atoms with Gasteiger partial charge in [-0.3, -0.25) is 9.59 Å². The standard InChI is InChI=1S/C24H31ClN2O2S/c1-5-18(3)26-24(29)19(4)27(14-20-11-9-17(2)10-12-20)23(28)16-30-15-21-7-6-8-22(25)13-21/h6-13,18-19H,5,14-16H2,1-4H3,(H,26,29)/t18-,19+/m1/s1. The zero-order valence-electron chi connectivity index (χ0n) is 18.2. The molecular formula is C24H31ClN2O2S. The van der Waals surface area contributed by atoms with Gasteiger partial charge in [0.2, 0.25) is 11.8 Å². The van der Waals surface area contributed by atoms with Crippen LogP contribution in [0.2, 0.25) is 5.02 Å². The zero-order chi connectivity index (χ0) is 22.1. The van der Waals surface area contributed by atoms with Gasteiger partial charge in [0.25, 0.3) is 0 Å². The molecular weight excluding hydrogens is 416 g/mol. The Morgan fingerprint density at radius 2 is 1.80 bits per heavy atom. The van der Waals surface area contributed by atoms with Crippen LogP contribution in [-0.4, -0.2) is 34.6 Å². The number of amides is 2. The van der Waals surface area contributed by atoms with Crippen molar-refractivity contribution in [3.05, 3.63) is 70.2 Å². The smallest absolute Gasteiger partial charge is 0.242 e. The average molecular weight is 447 g/mol. The van der Waals surface area contributed by atoms with Gasteiger partial charge in [0.1, 0.15) is 6.04 Å². The fraction of sp³-hybridized carbons (Fsp3) is 0.417. The largest absolute Gasteiger partial charge is 0.352 e. The summed E-state index contributed by atoms with van der Waals surface area (Å²) in [7, 11) is 0. The molecule has 2 aromatic carbocycles. The van der Waals surface area contributed by atoms with E-state index in [4.69, 9.17) is 11.6 Å². The third kappa shape index (κ3) is 7.69. The molecule has 0 saturated heterocycles. The maximum atomic E-state index is 13.1. The molecule has 0 heterocycles. The Hall–Kier alpha value is -1.98. The van der Waals surface area contributed by atoms with Crippen molar-refractivity contribution in [2.24, 2.45) is 0 Å². The van der Waals surface area contributed by atoms with Crippen LogP contribution in [0.25, 0.3) is 0 Å². The van der Waals surface area contributed by atoms with Gasteiger partial charge in [-0.05, 0) is 50.5 Å². The normalized spacial score (nSPS) is 12.8. The first-order valence-corrected chi connectivity index (χ1v) is 11.8. The molecule has 0 aromatic heterocycles. The number of rotatable bonds is 10. The number of hydrogen-bond donors (Lipinski definition) is 1. The van der Waals surface area contributed by atoms with Crippen LogP contribution in [0.1, 0.15) is 43.9 Å². The Kier molecular flexibility index (Phi) is 9.73. The number of halogens is 1. The van der Waals surface area contributed by atoms with Gasteiger partial charge in [-0.1, -0.05) is 60.5 Å². The molecule has 0 bridgehead atoms. The molecule has 0 aliphatic heterocycles. The predicted molar refractivity (Wildman–Crippen MR) is 127 cm³/mol. The van der Waals surface area contributed by atoms with Crippen molar-refractivity contribution in [3.8, 4) is 0 Å². The highest BCUT2D eigenvalue weighted by Crippen LogP contribution is 2.18. The van der Waals surface area contributed by atoms with Crippen LogP contribution in [-0.2, 0) is 21.9 Å². The first-order valence-electron chi connectivity index (χ1n) is 10.3. The highest BCUT2D eigenvalue weighted by molar-refractivity contribution is 7.99. The summed E-state index contributed by atoms with van der Waals surface area (Å²) in [5, 5.41) is 3.68. The fourth-order valence-corrected chi connectivity index (χ4v) is 3.97. The average Bonchev–Trinajstić information content (AvgIpc) is 2.72. The maximum absolute atomic E-state index is 13.1. The Labute approximate surface area is 189 Å². The second kappa shape index (κ2) is 12.0. The van der Waals surface area contributed by atoms with E-state index >= 15 is 0 Å². The lowest BCUT2D eigenvalue weighted by atomic mass is 10.1. The van der Waals surface area contributed by atoms with E-state index in [2.05, 4.69) is 5.32 Å². The minimum Gasteiger partial charge on any atom is -0.352 e. The number of hydrogen-bond acceptors (Lipinski definition) is 3. The second-order valence-electron chi connectivity index (χ2n) is 7.62. The van der Waals surface area contributed by atoms with E-state index < -0.39 is 6.04 Å². The summed E-state index contributed by atoms with van der Waals surface area (Å²) in [4.78, 5) is 27.5. The van der Waals surface area contributed by atoms with Crippen molar-refractivity contribution < 1.29 is 9.59 Å². The van der Waals surface area contributed by atoms with E-state index in [1.54, 1.807) is 11.8 Å². The SMILES string of the molecule is CC[C@@H](C)NC(=O)[C@H](C)N(Cc1ccc(C)cc1)C(=O)CSCc1cccc(Cl)c1. The number of benzene rings is 2. The molecule has 0 saturated carbocycles. The van der Waals surface area contributed by atoms with E-state index in [9.17, 15) is 9.59 Å². The van der Waals surface area contributed by atoms with Crippen LogP contribution >= 0.6 is 23.4 Å². The zero-order valence-corrected chi connectivity index (χ0v) is 19.7. The van der Waals surface area contributed by atoms with Crippen LogP contribution in [0.15, 0.2) is 48.5 Å². The molecule has 0 unspecified atom stereocenters. The number of nitrogens with one attached hydrogen (secondary N) is 1. The monoisotopic (exact) mass is 446 g/mol. The van der Waals surface area contributed by atoms with Crippen molar-refractivity contribution >= 4 is 35.2 Å². The summed E-state index contributed by atoms with van der Waals surface area (Å²) in [6, 6.07) is 15.2. The summed E-state index contributed by atoms with van der Waals surface area (Å²) in [5.74, 6) is 0.830. The Balaban J connectivity index is 2.07. The molecule has 4 nitrogen and oxygen atoms in total. The van der Waals surface area contributed by atoms with Crippen LogP contribution in [0.4, 0.5) is 0 Å². The van der Waals surface area contributed by atoms with Gasteiger partial charge < -0.3 is 10.2 Å². The van der Waals surface area contributed by atoms with E-state index in [0.717, 1.165) is 23.1 Å². The van der Waals surface area contributed by atoms with Gasteiger partial charge in [0, 0.05) is 23.4 Å². The molecule has 2 atom stereocenters. The van der Waals surface area contributed by atoms with Crippen LogP contribution < -0.4 is 5.32 Å². The lowest BCUT2D eigenvalue weighted by molar-refractivity contribution is -0.138. The Morgan fingerprint density at radius 1 is 1.10 bits per heavy atom. The lowest BCUT2D eigenvalue weighted by Crippen LogP contribution is -2.50. The van der Waals surface area contributed by atoms with Gasteiger partial charge in [-0.15, -0.1) is 11.8 Å². The maximum Gasteiger partial charge on any atom is 0.242 e. The van der Waals surface area contributed by atoms with Crippen LogP contribution in [0.5, 0.6) is 0 Å². The summed E-state index contributed by atoms with van der Waals surface area (Å²) in [6.07, 6.45) is 0.847. The van der Waals surface area contributed by atoms with E-state index in [-0.39, 0.29) is 17.9 Å². The Bertz CT molecular complexity index is 841. The van der Waals surface area contributed by atoms with Crippen molar-refractivity contribution in [2.45, 2.75) is 58.5 Å². The molecule has 0 spiro atoms. The van der Waals surface area contributed by atoms with Gasteiger partial charge in [-0.2, -0.15) is 0 Å². The summed E-state index contributed by atoms with van der Waals surface area (Å²) in [5.41, 5.74) is 3.25. The molecule has 1 N–H and O–H groups in total. The predicted octanol–water partition coefficient (Wildman–Crippen LogP) is 5.21. The number of carbonyl (C=O) groups excluding carboxylic acids is 2. The number of thioether (sulfide) groups is 1. The first kappa shape index (κ1) is 24.3. The van der Waals surface area contributed by atoms with Gasteiger partial charge in [0.05, 0.1) is 5.75 Å². The fourth-order valence-electron chi connectivity index (χ4n) is 2.90. The third-order valence-electron chi connectivity index (χ3n) is 5.03. The summed E-state index contributed by atoms with van der Waals surface area (Å²) < 4.78 is 0. The van der Waals surface area contributed by atoms with E-state index in [1.807, 2.05) is 69.3 Å². The topological polar surface area (TPSA) is 49.4 Å². The lowest BCUT2D eigenvalue weighted by Gasteiger charge is -2.29. The second-order valence-corrected chi connectivity index (χ2v) is 9.05. The van der Waals surface area contributed by atoms with Crippen LogP contribution in [0.3, 0.4) is 0 Å².